The van der Waals surface area contributed by atoms with Crippen molar-refractivity contribution in [2.75, 3.05) is 31.2 Å². The van der Waals surface area contributed by atoms with Crippen LogP contribution in [0.5, 0.6) is 0 Å². The lowest BCUT2D eigenvalue weighted by molar-refractivity contribution is -0.142. The highest BCUT2D eigenvalue weighted by molar-refractivity contribution is 6.00. The van der Waals surface area contributed by atoms with Gasteiger partial charge in [-0.1, -0.05) is 5.92 Å². The van der Waals surface area contributed by atoms with Crippen molar-refractivity contribution < 1.29 is 23.1 Å². The maximum Gasteiger partial charge on any atom is 0.229 e. The average Bonchev–Trinajstić information content (AvgIpc) is 2.98. The van der Waals surface area contributed by atoms with Crippen molar-refractivity contribution in [1.82, 2.24) is 4.90 Å². The predicted molar refractivity (Wildman–Crippen MR) is 82.0 cm³/mol. The summed E-state index contributed by atoms with van der Waals surface area (Å²) < 4.78 is 31.7. The van der Waals surface area contributed by atoms with Crippen LogP contribution < -0.4 is 4.90 Å². The highest BCUT2D eigenvalue weighted by Crippen LogP contribution is 2.28. The van der Waals surface area contributed by atoms with Crippen molar-refractivity contribution in [3.8, 4) is 12.3 Å². The molecule has 7 heteroatoms. The molecule has 2 amide bonds. The van der Waals surface area contributed by atoms with Crippen molar-refractivity contribution in [2.24, 2.45) is 5.92 Å². The van der Waals surface area contributed by atoms with Crippen LogP contribution in [0.15, 0.2) is 18.2 Å². The van der Waals surface area contributed by atoms with Crippen LogP contribution >= 0.6 is 0 Å². The first-order chi connectivity index (χ1) is 11.5. The van der Waals surface area contributed by atoms with Crippen LogP contribution in [0.25, 0.3) is 0 Å². The molecule has 2 atom stereocenters. The minimum atomic E-state index is -1.03. The molecule has 1 aromatic rings. The Balaban J connectivity index is 1.75. The van der Waals surface area contributed by atoms with Crippen LogP contribution in [0, 0.1) is 29.9 Å². The van der Waals surface area contributed by atoms with Crippen molar-refractivity contribution in [3.63, 3.8) is 0 Å². The van der Waals surface area contributed by atoms with Crippen LogP contribution in [0.3, 0.4) is 0 Å². The molecule has 0 aromatic heterocycles. The number of benzene rings is 1. The van der Waals surface area contributed by atoms with E-state index in [2.05, 4.69) is 5.92 Å². The Kier molecular flexibility index (Phi) is 4.49. The highest BCUT2D eigenvalue weighted by Gasteiger charge is 2.39. The van der Waals surface area contributed by atoms with E-state index in [-0.39, 0.29) is 37.1 Å². The van der Waals surface area contributed by atoms with E-state index in [0.717, 1.165) is 12.1 Å². The first-order valence-electron chi connectivity index (χ1n) is 7.61. The molecular weight excluding hydrogens is 318 g/mol. The fourth-order valence-corrected chi connectivity index (χ4v) is 3.02. The molecule has 2 fully saturated rings. The molecule has 24 heavy (non-hydrogen) atoms. The number of rotatable bonds is 2. The number of ether oxygens (including phenoxy) is 1. The van der Waals surface area contributed by atoms with E-state index in [9.17, 15) is 18.4 Å². The number of amides is 2. The monoisotopic (exact) mass is 334 g/mol. The van der Waals surface area contributed by atoms with Gasteiger partial charge < -0.3 is 14.5 Å². The molecule has 0 saturated carbocycles. The van der Waals surface area contributed by atoms with Gasteiger partial charge in [0.15, 0.2) is 11.6 Å². The molecule has 1 aromatic carbocycles. The van der Waals surface area contributed by atoms with Crippen LogP contribution in [0.2, 0.25) is 0 Å². The summed E-state index contributed by atoms with van der Waals surface area (Å²) in [5, 5.41) is 0. The highest BCUT2D eigenvalue weighted by atomic mass is 19.2. The Hall–Kier alpha value is -2.46. The van der Waals surface area contributed by atoms with Gasteiger partial charge in [-0.2, -0.15) is 0 Å². The molecule has 0 N–H and O–H groups in total. The number of terminal acetylenes is 1. The van der Waals surface area contributed by atoms with Gasteiger partial charge in [0.1, 0.15) is 6.04 Å². The summed E-state index contributed by atoms with van der Waals surface area (Å²) in [5.74, 6) is -0.564. The Labute approximate surface area is 138 Å². The summed E-state index contributed by atoms with van der Waals surface area (Å²) >= 11 is 0. The number of carbonyl (C=O) groups is 2. The van der Waals surface area contributed by atoms with Gasteiger partial charge in [0.05, 0.1) is 19.1 Å². The summed E-state index contributed by atoms with van der Waals surface area (Å²) in [6.07, 6.45) is 5.45. The molecule has 2 aliphatic heterocycles. The third-order valence-corrected chi connectivity index (χ3v) is 4.29. The molecule has 0 aliphatic carbocycles. The molecule has 126 valence electrons. The van der Waals surface area contributed by atoms with Crippen LogP contribution in [0.4, 0.5) is 14.5 Å². The molecule has 0 spiro atoms. The van der Waals surface area contributed by atoms with Crippen molar-refractivity contribution in [2.45, 2.75) is 12.5 Å². The Morgan fingerprint density at radius 2 is 2.12 bits per heavy atom. The fourth-order valence-electron chi connectivity index (χ4n) is 3.02. The lowest BCUT2D eigenvalue weighted by Crippen LogP contribution is -2.50. The molecule has 2 heterocycles. The fraction of sp³-hybridized carbons (Fsp3) is 0.412. The SMILES string of the molecule is C#C[C@@H]1COCCN1C(=O)[C@@H]1CC(=O)N(c2ccc(F)c(F)c2)C1. The lowest BCUT2D eigenvalue weighted by atomic mass is 10.1. The second kappa shape index (κ2) is 6.57. The molecule has 2 aliphatic rings. The van der Waals surface area contributed by atoms with Gasteiger partial charge in [-0.15, -0.1) is 6.42 Å². The van der Waals surface area contributed by atoms with Gasteiger partial charge in [-0.25, -0.2) is 8.78 Å². The van der Waals surface area contributed by atoms with E-state index < -0.39 is 23.6 Å². The topological polar surface area (TPSA) is 49.9 Å². The Morgan fingerprint density at radius 3 is 2.83 bits per heavy atom. The molecule has 0 radical (unpaired) electrons. The lowest BCUT2D eigenvalue weighted by Gasteiger charge is -2.34. The largest absolute Gasteiger partial charge is 0.376 e. The van der Waals surface area contributed by atoms with Gasteiger partial charge >= 0.3 is 0 Å². The summed E-state index contributed by atoms with van der Waals surface area (Å²) in [6, 6.07) is 2.80. The van der Waals surface area contributed by atoms with Crippen LogP contribution in [0.1, 0.15) is 6.42 Å². The zero-order chi connectivity index (χ0) is 17.3. The number of hydrogen-bond acceptors (Lipinski definition) is 3. The molecular formula is C17H16F2N2O3. The summed E-state index contributed by atoms with van der Waals surface area (Å²) in [6.45, 7) is 1.17. The quantitative estimate of drug-likeness (QED) is 0.763. The number of anilines is 1. The zero-order valence-electron chi connectivity index (χ0n) is 12.9. The molecule has 3 rings (SSSR count). The molecule has 0 unspecified atom stereocenters. The van der Waals surface area contributed by atoms with E-state index in [1.807, 2.05) is 0 Å². The molecule has 2 saturated heterocycles. The number of carbonyl (C=O) groups excluding carboxylic acids is 2. The van der Waals surface area contributed by atoms with E-state index >= 15 is 0 Å². The van der Waals surface area contributed by atoms with Crippen molar-refractivity contribution in [1.29, 1.82) is 0 Å². The molecule has 5 nitrogen and oxygen atoms in total. The second-order valence-electron chi connectivity index (χ2n) is 5.79. The number of hydrogen-bond donors (Lipinski definition) is 0. The number of nitrogens with zero attached hydrogens (tertiary/aromatic N) is 2. The minimum Gasteiger partial charge on any atom is -0.376 e. The molecule has 0 bridgehead atoms. The smallest absolute Gasteiger partial charge is 0.229 e. The van der Waals surface area contributed by atoms with Crippen molar-refractivity contribution in [3.05, 3.63) is 29.8 Å². The first kappa shape index (κ1) is 16.4. The number of morpholine rings is 1. The third-order valence-electron chi connectivity index (χ3n) is 4.29. The van der Waals surface area contributed by atoms with Crippen LogP contribution in [-0.4, -0.2) is 49.1 Å². The van der Waals surface area contributed by atoms with Gasteiger partial charge in [-0.05, 0) is 12.1 Å². The Bertz CT molecular complexity index is 716. The normalized spacial score (nSPS) is 24.1. The average molecular weight is 334 g/mol. The van der Waals surface area contributed by atoms with Gasteiger partial charge in [0, 0.05) is 31.3 Å². The third kappa shape index (κ3) is 2.97. The van der Waals surface area contributed by atoms with E-state index in [1.54, 1.807) is 4.90 Å². The van der Waals surface area contributed by atoms with Gasteiger partial charge in [-0.3, -0.25) is 9.59 Å². The predicted octanol–water partition coefficient (Wildman–Crippen LogP) is 1.18. The minimum absolute atomic E-state index is 0.0203. The first-order valence-corrected chi connectivity index (χ1v) is 7.61. The number of halogens is 2. The van der Waals surface area contributed by atoms with E-state index in [0.29, 0.717) is 13.2 Å². The second-order valence-corrected chi connectivity index (χ2v) is 5.79. The maximum absolute atomic E-state index is 13.4. The van der Waals surface area contributed by atoms with Gasteiger partial charge in [0.25, 0.3) is 0 Å². The summed E-state index contributed by atoms with van der Waals surface area (Å²) in [7, 11) is 0. The standard InChI is InChI=1S/C17H16F2N2O3/c1-2-12-10-24-6-5-20(12)17(23)11-7-16(22)21(9-11)13-3-4-14(18)15(19)8-13/h1,3-4,8,11-12H,5-7,9-10H2/t11-,12-/m1/s1. The maximum atomic E-state index is 13.4. The summed E-state index contributed by atoms with van der Waals surface area (Å²) in [5.41, 5.74) is 0.240. The summed E-state index contributed by atoms with van der Waals surface area (Å²) in [4.78, 5) is 27.7. The van der Waals surface area contributed by atoms with Gasteiger partial charge in [0.2, 0.25) is 11.8 Å². The van der Waals surface area contributed by atoms with E-state index in [1.165, 1.54) is 11.0 Å². The van der Waals surface area contributed by atoms with E-state index in [4.69, 9.17) is 11.2 Å². The zero-order valence-corrected chi connectivity index (χ0v) is 12.9. The Morgan fingerprint density at radius 1 is 1.33 bits per heavy atom. The van der Waals surface area contributed by atoms with Crippen LogP contribution in [-0.2, 0) is 14.3 Å². The van der Waals surface area contributed by atoms with Crippen molar-refractivity contribution >= 4 is 17.5 Å².